The van der Waals surface area contributed by atoms with Crippen molar-refractivity contribution in [2.75, 3.05) is 25.0 Å². The van der Waals surface area contributed by atoms with E-state index in [2.05, 4.69) is 38.0 Å². The van der Waals surface area contributed by atoms with Gasteiger partial charge >= 0.3 is 0 Å². The minimum Gasteiger partial charge on any atom is -0.384 e. The van der Waals surface area contributed by atoms with Crippen LogP contribution in [-0.2, 0) is 0 Å². The third-order valence-electron chi connectivity index (χ3n) is 3.31. The van der Waals surface area contributed by atoms with Crippen molar-refractivity contribution < 1.29 is 4.79 Å². The molecule has 118 valence electrons. The molecule has 1 N–H and O–H groups in total. The Morgan fingerprint density at radius 2 is 1.90 bits per heavy atom. The highest BCUT2D eigenvalue weighted by molar-refractivity contribution is 5.92. The van der Waals surface area contributed by atoms with Gasteiger partial charge in [0.2, 0.25) is 0 Å². The second-order valence-corrected chi connectivity index (χ2v) is 5.83. The first-order chi connectivity index (χ1) is 10.1. The molecule has 0 aromatic carbocycles. The van der Waals surface area contributed by atoms with Crippen molar-refractivity contribution in [1.82, 2.24) is 9.88 Å². The van der Waals surface area contributed by atoms with E-state index in [1.807, 2.05) is 17.0 Å². The Hall–Kier alpha value is -1.58. The first-order valence-corrected chi connectivity index (χ1v) is 8.07. The molecule has 4 nitrogen and oxygen atoms in total. The van der Waals surface area contributed by atoms with Gasteiger partial charge in [-0.2, -0.15) is 0 Å². The van der Waals surface area contributed by atoms with Crippen LogP contribution in [0.25, 0.3) is 0 Å². The van der Waals surface area contributed by atoms with Gasteiger partial charge < -0.3 is 10.2 Å². The van der Waals surface area contributed by atoms with Crippen molar-refractivity contribution in [2.45, 2.75) is 47.0 Å². The number of nitrogens with zero attached hydrogens (tertiary/aromatic N) is 2. The summed E-state index contributed by atoms with van der Waals surface area (Å²) in [4.78, 5) is 18.6. The Bertz CT molecular complexity index is 409. The monoisotopic (exact) mass is 291 g/mol. The number of amides is 1. The predicted molar refractivity (Wildman–Crippen MR) is 88.7 cm³/mol. The largest absolute Gasteiger partial charge is 0.384 e. The number of nitrogens with one attached hydrogen (secondary N) is 1. The Balaban J connectivity index is 2.61. The quantitative estimate of drug-likeness (QED) is 0.752. The van der Waals surface area contributed by atoms with Crippen LogP contribution in [0.1, 0.15) is 57.4 Å². The smallest absolute Gasteiger partial charge is 0.272 e. The minimum absolute atomic E-state index is 0.0347. The summed E-state index contributed by atoms with van der Waals surface area (Å²) in [5, 5.41) is 3.33. The molecule has 1 aromatic rings. The first-order valence-electron chi connectivity index (χ1n) is 8.07. The van der Waals surface area contributed by atoms with Crippen LogP contribution in [-0.4, -0.2) is 35.4 Å². The molecule has 21 heavy (non-hydrogen) atoms. The topological polar surface area (TPSA) is 45.2 Å². The predicted octanol–water partition coefficient (Wildman–Crippen LogP) is 3.80. The van der Waals surface area contributed by atoms with Crippen molar-refractivity contribution in [3.05, 3.63) is 24.0 Å². The molecule has 0 aliphatic heterocycles. The summed E-state index contributed by atoms with van der Waals surface area (Å²) >= 11 is 0. The molecule has 1 aromatic heterocycles. The number of hydrogen-bond donors (Lipinski definition) is 1. The SMILES string of the molecule is CCCN(CCC)C(=O)c1ccc(NCCC(C)C)cn1. The van der Waals surface area contributed by atoms with Crippen molar-refractivity contribution in [2.24, 2.45) is 5.92 Å². The van der Waals surface area contributed by atoms with Crippen LogP contribution in [0.15, 0.2) is 18.3 Å². The van der Waals surface area contributed by atoms with Crippen LogP contribution in [0.2, 0.25) is 0 Å². The molecule has 1 heterocycles. The summed E-state index contributed by atoms with van der Waals surface area (Å²) in [7, 11) is 0. The van der Waals surface area contributed by atoms with Gasteiger partial charge in [0.05, 0.1) is 11.9 Å². The normalized spacial score (nSPS) is 10.7. The van der Waals surface area contributed by atoms with E-state index in [-0.39, 0.29) is 5.91 Å². The fraction of sp³-hybridized carbons (Fsp3) is 0.647. The number of pyridine rings is 1. The van der Waals surface area contributed by atoms with Gasteiger partial charge in [0.25, 0.3) is 5.91 Å². The third-order valence-corrected chi connectivity index (χ3v) is 3.31. The van der Waals surface area contributed by atoms with E-state index in [0.717, 1.165) is 44.6 Å². The highest BCUT2D eigenvalue weighted by atomic mass is 16.2. The molecule has 1 amide bonds. The highest BCUT2D eigenvalue weighted by Crippen LogP contribution is 2.10. The maximum atomic E-state index is 12.4. The molecular formula is C17H29N3O. The lowest BCUT2D eigenvalue weighted by Gasteiger charge is -2.21. The standard InChI is InChI=1S/C17H29N3O/c1-5-11-20(12-6-2)17(21)16-8-7-15(13-19-16)18-10-9-14(3)4/h7-8,13-14,18H,5-6,9-12H2,1-4H3. The maximum absolute atomic E-state index is 12.4. The Labute approximate surface area is 129 Å². The van der Waals surface area contributed by atoms with Gasteiger partial charge in [-0.1, -0.05) is 27.7 Å². The fourth-order valence-electron chi connectivity index (χ4n) is 2.15. The Morgan fingerprint density at radius 3 is 2.38 bits per heavy atom. The van der Waals surface area contributed by atoms with E-state index >= 15 is 0 Å². The molecule has 0 aliphatic carbocycles. The van der Waals surface area contributed by atoms with Gasteiger partial charge in [-0.15, -0.1) is 0 Å². The van der Waals surface area contributed by atoms with Gasteiger partial charge in [-0.25, -0.2) is 4.98 Å². The van der Waals surface area contributed by atoms with Crippen LogP contribution < -0.4 is 5.32 Å². The minimum atomic E-state index is 0.0347. The van der Waals surface area contributed by atoms with Crippen molar-refractivity contribution >= 4 is 11.6 Å². The first kappa shape index (κ1) is 17.5. The highest BCUT2D eigenvalue weighted by Gasteiger charge is 2.15. The lowest BCUT2D eigenvalue weighted by Crippen LogP contribution is -2.33. The number of carbonyl (C=O) groups excluding carboxylic acids is 1. The molecule has 0 atom stereocenters. The molecule has 0 unspecified atom stereocenters. The summed E-state index contributed by atoms with van der Waals surface area (Å²) in [6.45, 7) is 11.1. The van der Waals surface area contributed by atoms with Crippen molar-refractivity contribution in [1.29, 1.82) is 0 Å². The molecule has 4 heteroatoms. The summed E-state index contributed by atoms with van der Waals surface area (Å²) < 4.78 is 0. The van der Waals surface area contributed by atoms with Gasteiger partial charge in [0.15, 0.2) is 0 Å². The van der Waals surface area contributed by atoms with Crippen molar-refractivity contribution in [3.8, 4) is 0 Å². The van der Waals surface area contributed by atoms with Crippen LogP contribution in [0.5, 0.6) is 0 Å². The Kier molecular flexibility index (Phi) is 7.80. The lowest BCUT2D eigenvalue weighted by molar-refractivity contribution is 0.0749. The van der Waals surface area contributed by atoms with Gasteiger partial charge in [-0.05, 0) is 37.3 Å². The molecule has 0 saturated carbocycles. The number of rotatable bonds is 9. The summed E-state index contributed by atoms with van der Waals surface area (Å²) in [5.74, 6) is 0.718. The van der Waals surface area contributed by atoms with Gasteiger partial charge in [0, 0.05) is 19.6 Å². The fourth-order valence-corrected chi connectivity index (χ4v) is 2.15. The van der Waals surface area contributed by atoms with Crippen LogP contribution in [0.3, 0.4) is 0 Å². The molecule has 0 bridgehead atoms. The number of hydrogen-bond acceptors (Lipinski definition) is 3. The van der Waals surface area contributed by atoms with Crippen LogP contribution in [0.4, 0.5) is 5.69 Å². The van der Waals surface area contributed by atoms with E-state index < -0.39 is 0 Å². The summed E-state index contributed by atoms with van der Waals surface area (Å²) in [6.07, 6.45) is 4.83. The second kappa shape index (κ2) is 9.37. The number of carbonyl (C=O) groups is 1. The maximum Gasteiger partial charge on any atom is 0.272 e. The Morgan fingerprint density at radius 1 is 1.24 bits per heavy atom. The molecule has 0 saturated heterocycles. The average Bonchev–Trinajstić information content (AvgIpc) is 2.47. The molecule has 0 radical (unpaired) electrons. The zero-order valence-electron chi connectivity index (χ0n) is 13.9. The zero-order chi connectivity index (χ0) is 15.7. The van der Waals surface area contributed by atoms with Crippen molar-refractivity contribution in [3.63, 3.8) is 0 Å². The van der Waals surface area contributed by atoms with Crippen LogP contribution in [0, 0.1) is 5.92 Å². The number of anilines is 1. The number of aromatic nitrogens is 1. The second-order valence-electron chi connectivity index (χ2n) is 5.83. The zero-order valence-corrected chi connectivity index (χ0v) is 13.9. The molecule has 0 spiro atoms. The van der Waals surface area contributed by atoms with E-state index in [0.29, 0.717) is 11.6 Å². The van der Waals surface area contributed by atoms with Crippen LogP contribution >= 0.6 is 0 Å². The lowest BCUT2D eigenvalue weighted by atomic mass is 10.1. The molecular weight excluding hydrogens is 262 g/mol. The van der Waals surface area contributed by atoms with E-state index in [9.17, 15) is 4.79 Å². The summed E-state index contributed by atoms with van der Waals surface area (Å²) in [6, 6.07) is 3.76. The third kappa shape index (κ3) is 6.15. The summed E-state index contributed by atoms with van der Waals surface area (Å²) in [5.41, 5.74) is 1.51. The van der Waals surface area contributed by atoms with E-state index in [4.69, 9.17) is 0 Å². The van der Waals surface area contributed by atoms with E-state index in [1.54, 1.807) is 6.20 Å². The van der Waals surface area contributed by atoms with Gasteiger partial charge in [0.1, 0.15) is 5.69 Å². The molecule has 0 fully saturated rings. The average molecular weight is 291 g/mol. The van der Waals surface area contributed by atoms with E-state index in [1.165, 1.54) is 0 Å². The molecule has 1 rings (SSSR count). The molecule has 0 aliphatic rings. The van der Waals surface area contributed by atoms with Gasteiger partial charge in [-0.3, -0.25) is 4.79 Å².